The van der Waals surface area contributed by atoms with E-state index in [0.717, 1.165) is 24.1 Å². The molecule has 0 radical (unpaired) electrons. The van der Waals surface area contributed by atoms with E-state index in [1.165, 1.54) is 6.07 Å². The monoisotopic (exact) mass is 368 g/mol. The molecule has 5 heteroatoms. The fraction of sp³-hybridized carbons (Fsp3) is 0.364. The molecule has 1 aliphatic heterocycles. The Morgan fingerprint density at radius 1 is 1.15 bits per heavy atom. The number of halogens is 1. The molecule has 2 amide bonds. The average Bonchev–Trinajstić information content (AvgIpc) is 2.84. The number of rotatable bonds is 6. The Labute approximate surface area is 159 Å². The van der Waals surface area contributed by atoms with Crippen molar-refractivity contribution in [3.05, 3.63) is 65.5 Å². The molecule has 1 N–H and O–H groups in total. The second-order valence-corrected chi connectivity index (χ2v) is 6.91. The maximum atomic E-state index is 13.6. The molecule has 0 fully saturated rings. The van der Waals surface area contributed by atoms with Crippen LogP contribution in [-0.2, 0) is 22.4 Å². The molecule has 1 atom stereocenters. The van der Waals surface area contributed by atoms with Crippen molar-refractivity contribution in [3.63, 3.8) is 0 Å². The van der Waals surface area contributed by atoms with Crippen molar-refractivity contribution in [2.24, 2.45) is 0 Å². The van der Waals surface area contributed by atoms with Crippen molar-refractivity contribution in [2.45, 2.75) is 45.1 Å². The highest BCUT2D eigenvalue weighted by Crippen LogP contribution is 2.28. The fourth-order valence-corrected chi connectivity index (χ4v) is 3.52. The highest BCUT2D eigenvalue weighted by molar-refractivity contribution is 6.01. The number of carbonyl (C=O) groups is 2. The Balaban J connectivity index is 1.59. The number of amides is 2. The Bertz CT molecular complexity index is 821. The van der Waals surface area contributed by atoms with Gasteiger partial charge < -0.3 is 5.32 Å². The summed E-state index contributed by atoms with van der Waals surface area (Å²) in [5.41, 5.74) is 2.58. The number of hydrogen-bond acceptors (Lipinski definition) is 2. The molecule has 1 aliphatic rings. The maximum Gasteiger partial charge on any atom is 0.242 e. The Hall–Kier alpha value is -2.69. The van der Waals surface area contributed by atoms with Crippen LogP contribution in [0.15, 0.2) is 48.5 Å². The summed E-state index contributed by atoms with van der Waals surface area (Å²) in [5, 5.41) is 2.89. The standard InChI is InChI=1S/C22H25FN2O2/c1-16(22(27)24-15-7-11-17-8-2-4-12-19(17)23)25-20-13-5-3-9-18(20)10-6-14-21(25)26/h2-5,8-9,12-13,16H,6-7,10-11,14-15H2,1H3,(H,24,27). The van der Waals surface area contributed by atoms with Gasteiger partial charge in [0.05, 0.1) is 0 Å². The first-order valence-corrected chi connectivity index (χ1v) is 9.49. The van der Waals surface area contributed by atoms with E-state index in [4.69, 9.17) is 0 Å². The van der Waals surface area contributed by atoms with Crippen molar-refractivity contribution in [1.29, 1.82) is 0 Å². The second kappa shape index (κ2) is 8.80. The molecule has 0 bridgehead atoms. The summed E-state index contributed by atoms with van der Waals surface area (Å²) < 4.78 is 13.6. The van der Waals surface area contributed by atoms with Crippen LogP contribution in [0.1, 0.15) is 37.3 Å². The molecule has 0 aliphatic carbocycles. The summed E-state index contributed by atoms with van der Waals surface area (Å²) in [6, 6.07) is 13.9. The minimum atomic E-state index is -0.579. The second-order valence-electron chi connectivity index (χ2n) is 6.91. The van der Waals surface area contributed by atoms with Gasteiger partial charge in [-0.3, -0.25) is 14.5 Å². The third-order valence-electron chi connectivity index (χ3n) is 5.00. The summed E-state index contributed by atoms with van der Waals surface area (Å²) in [5.74, 6) is -0.425. The average molecular weight is 368 g/mol. The molecule has 0 aromatic heterocycles. The van der Waals surface area contributed by atoms with E-state index in [1.54, 1.807) is 24.0 Å². The Morgan fingerprint density at radius 2 is 1.89 bits per heavy atom. The lowest BCUT2D eigenvalue weighted by molar-refractivity contribution is -0.126. The van der Waals surface area contributed by atoms with Crippen LogP contribution in [0.5, 0.6) is 0 Å². The zero-order valence-corrected chi connectivity index (χ0v) is 15.6. The third-order valence-corrected chi connectivity index (χ3v) is 5.00. The molecular weight excluding hydrogens is 343 g/mol. The zero-order chi connectivity index (χ0) is 19.2. The molecule has 142 valence electrons. The number of carbonyl (C=O) groups excluding carboxylic acids is 2. The number of hydrogen-bond donors (Lipinski definition) is 1. The van der Waals surface area contributed by atoms with Crippen LogP contribution in [0.25, 0.3) is 0 Å². The van der Waals surface area contributed by atoms with Crippen LogP contribution in [-0.4, -0.2) is 24.4 Å². The first-order valence-electron chi connectivity index (χ1n) is 9.49. The molecule has 1 unspecified atom stereocenters. The molecule has 1 heterocycles. The summed E-state index contributed by atoms with van der Waals surface area (Å²) >= 11 is 0. The van der Waals surface area contributed by atoms with Crippen molar-refractivity contribution in [2.75, 3.05) is 11.4 Å². The van der Waals surface area contributed by atoms with E-state index in [0.29, 0.717) is 31.4 Å². The van der Waals surface area contributed by atoms with Crippen LogP contribution in [0.3, 0.4) is 0 Å². The molecule has 2 aromatic carbocycles. The lowest BCUT2D eigenvalue weighted by atomic mass is 10.1. The largest absolute Gasteiger partial charge is 0.354 e. The zero-order valence-electron chi connectivity index (χ0n) is 15.6. The molecule has 2 aromatic rings. The highest BCUT2D eigenvalue weighted by Gasteiger charge is 2.30. The van der Waals surface area contributed by atoms with Gasteiger partial charge in [-0.2, -0.15) is 0 Å². The van der Waals surface area contributed by atoms with Crippen LogP contribution in [0, 0.1) is 5.82 Å². The van der Waals surface area contributed by atoms with Crippen LogP contribution in [0.2, 0.25) is 0 Å². The Kier molecular flexibility index (Phi) is 6.22. The molecule has 0 spiro atoms. The van der Waals surface area contributed by atoms with E-state index in [1.807, 2.05) is 30.3 Å². The topological polar surface area (TPSA) is 49.4 Å². The molecule has 4 nitrogen and oxygen atoms in total. The molecule has 3 rings (SSSR count). The van der Waals surface area contributed by atoms with Gasteiger partial charge in [0.1, 0.15) is 11.9 Å². The summed E-state index contributed by atoms with van der Waals surface area (Å²) in [7, 11) is 0. The maximum absolute atomic E-state index is 13.6. The van der Waals surface area contributed by atoms with Crippen LogP contribution >= 0.6 is 0 Å². The van der Waals surface area contributed by atoms with E-state index in [-0.39, 0.29) is 17.6 Å². The predicted octanol–water partition coefficient (Wildman–Crippen LogP) is 3.63. The molecule has 0 saturated heterocycles. The smallest absolute Gasteiger partial charge is 0.242 e. The van der Waals surface area contributed by atoms with Gasteiger partial charge in [-0.15, -0.1) is 0 Å². The van der Waals surface area contributed by atoms with Crippen molar-refractivity contribution in [3.8, 4) is 0 Å². The van der Waals surface area contributed by atoms with Crippen molar-refractivity contribution < 1.29 is 14.0 Å². The Morgan fingerprint density at radius 3 is 2.70 bits per heavy atom. The van der Waals surface area contributed by atoms with Crippen LogP contribution < -0.4 is 10.2 Å². The van der Waals surface area contributed by atoms with Crippen LogP contribution in [0.4, 0.5) is 10.1 Å². The highest BCUT2D eigenvalue weighted by atomic mass is 19.1. The normalized spacial score (nSPS) is 15.0. The number of fused-ring (bicyclic) bond motifs is 1. The first kappa shape index (κ1) is 19.1. The van der Waals surface area contributed by atoms with Crippen molar-refractivity contribution in [1.82, 2.24) is 5.32 Å². The first-order chi connectivity index (χ1) is 13.1. The number of benzene rings is 2. The molecular formula is C22H25FN2O2. The number of aryl methyl sites for hydroxylation is 2. The van der Waals surface area contributed by atoms with E-state index in [9.17, 15) is 14.0 Å². The minimum absolute atomic E-state index is 0.0195. The van der Waals surface area contributed by atoms with Gasteiger partial charge in [-0.1, -0.05) is 36.4 Å². The minimum Gasteiger partial charge on any atom is -0.354 e. The van der Waals surface area contributed by atoms with Gasteiger partial charge in [0, 0.05) is 18.7 Å². The third kappa shape index (κ3) is 4.54. The summed E-state index contributed by atoms with van der Waals surface area (Å²) in [6.45, 7) is 2.20. The predicted molar refractivity (Wildman–Crippen MR) is 104 cm³/mol. The van der Waals surface area contributed by atoms with Gasteiger partial charge in [0.15, 0.2) is 0 Å². The van der Waals surface area contributed by atoms with Gasteiger partial charge in [0.25, 0.3) is 0 Å². The van der Waals surface area contributed by atoms with Gasteiger partial charge in [-0.05, 0) is 55.9 Å². The van der Waals surface area contributed by atoms with Gasteiger partial charge >= 0.3 is 0 Å². The SMILES string of the molecule is CC(C(=O)NCCCc1ccccc1F)N1C(=O)CCCc2ccccc21. The van der Waals surface area contributed by atoms with Gasteiger partial charge in [0.2, 0.25) is 11.8 Å². The molecule has 0 saturated carbocycles. The number of nitrogens with zero attached hydrogens (tertiary/aromatic N) is 1. The summed E-state index contributed by atoms with van der Waals surface area (Å²) in [4.78, 5) is 26.8. The van der Waals surface area contributed by atoms with Crippen molar-refractivity contribution >= 4 is 17.5 Å². The van der Waals surface area contributed by atoms with E-state index < -0.39 is 6.04 Å². The summed E-state index contributed by atoms with van der Waals surface area (Å²) in [6.07, 6.45) is 3.29. The number of para-hydroxylation sites is 1. The quantitative estimate of drug-likeness (QED) is 0.792. The number of anilines is 1. The number of nitrogens with one attached hydrogen (secondary N) is 1. The van der Waals surface area contributed by atoms with Gasteiger partial charge in [-0.25, -0.2) is 4.39 Å². The van der Waals surface area contributed by atoms with E-state index >= 15 is 0 Å². The fourth-order valence-electron chi connectivity index (χ4n) is 3.52. The van der Waals surface area contributed by atoms with E-state index in [2.05, 4.69) is 5.32 Å². The molecule has 27 heavy (non-hydrogen) atoms. The lowest BCUT2D eigenvalue weighted by Gasteiger charge is -2.28. The lowest BCUT2D eigenvalue weighted by Crippen LogP contribution is -2.48.